The molecule has 2 aromatic rings. The van der Waals surface area contributed by atoms with Gasteiger partial charge in [-0.05, 0) is 103 Å². The Kier molecular flexibility index (Phi) is 7.53. The first kappa shape index (κ1) is 28.1. The van der Waals surface area contributed by atoms with Crippen LogP contribution in [0, 0.1) is 0 Å². The van der Waals surface area contributed by atoms with Crippen LogP contribution < -0.4 is 22.1 Å². The van der Waals surface area contributed by atoms with Gasteiger partial charge < -0.3 is 22.1 Å². The predicted molar refractivity (Wildman–Crippen MR) is 172 cm³/mol. The van der Waals surface area contributed by atoms with Gasteiger partial charge in [0, 0.05) is 47.1 Å². The van der Waals surface area contributed by atoms with E-state index in [1.165, 1.54) is 38.5 Å². The minimum atomic E-state index is -0.136. The molecule has 0 unspecified atom stereocenters. The normalized spacial score (nSPS) is 24.5. The van der Waals surface area contributed by atoms with Crippen molar-refractivity contribution in [1.29, 1.82) is 0 Å². The summed E-state index contributed by atoms with van der Waals surface area (Å²) in [5, 5.41) is 5.69. The van der Waals surface area contributed by atoms with Gasteiger partial charge in [-0.2, -0.15) is 0 Å². The van der Waals surface area contributed by atoms with Gasteiger partial charge in [0.15, 0.2) is 0 Å². The summed E-state index contributed by atoms with van der Waals surface area (Å²) >= 11 is 3.90. The number of hydrogen-bond acceptors (Lipinski definition) is 6. The van der Waals surface area contributed by atoms with E-state index in [1.54, 1.807) is 0 Å². The van der Waals surface area contributed by atoms with Crippen molar-refractivity contribution in [2.45, 2.75) is 42.6 Å². The van der Waals surface area contributed by atoms with Crippen LogP contribution >= 0.6 is 23.5 Å². The maximum atomic E-state index is 12.4. The number of allylic oxidation sites excluding steroid dienone is 4. The third-order valence-corrected chi connectivity index (χ3v) is 12.1. The van der Waals surface area contributed by atoms with E-state index >= 15 is 0 Å². The van der Waals surface area contributed by atoms with Crippen LogP contribution in [0.3, 0.4) is 0 Å². The van der Waals surface area contributed by atoms with E-state index in [4.69, 9.17) is 11.5 Å². The van der Waals surface area contributed by atoms with Gasteiger partial charge in [0.2, 0.25) is 0 Å². The maximum Gasteiger partial charge on any atom is 0.251 e. The Morgan fingerprint density at radius 1 is 0.707 bits per heavy atom. The second-order valence-electron chi connectivity index (χ2n) is 11.2. The molecule has 0 spiro atoms. The SMILES string of the molecule is C[C@@]12SC(c3ccc(C(=O)NCCN)cc3)=CC1=C1CCCC1=C1C=C(c3ccc(C(=O)NCCN)cc3)S[C@]12C. The molecule has 212 valence electrons. The van der Waals surface area contributed by atoms with Crippen LogP contribution in [0.15, 0.2) is 83.0 Å². The van der Waals surface area contributed by atoms with Crippen LogP contribution in [-0.2, 0) is 0 Å². The van der Waals surface area contributed by atoms with Crippen LogP contribution in [0.2, 0.25) is 0 Å². The molecule has 0 radical (unpaired) electrons. The van der Waals surface area contributed by atoms with E-state index in [2.05, 4.69) is 60.9 Å². The van der Waals surface area contributed by atoms with Crippen molar-refractivity contribution in [3.63, 3.8) is 0 Å². The van der Waals surface area contributed by atoms with Crippen LogP contribution in [0.4, 0.5) is 0 Å². The molecular weight excluding hydrogens is 549 g/mol. The molecule has 0 aromatic heterocycles. The molecule has 6 nitrogen and oxygen atoms in total. The van der Waals surface area contributed by atoms with Crippen molar-refractivity contribution in [3.8, 4) is 0 Å². The fourth-order valence-corrected chi connectivity index (χ4v) is 9.56. The van der Waals surface area contributed by atoms with Crippen molar-refractivity contribution >= 4 is 45.1 Å². The molecule has 1 fully saturated rings. The summed E-state index contributed by atoms with van der Waals surface area (Å²) in [4.78, 5) is 27.3. The smallest absolute Gasteiger partial charge is 0.251 e. The van der Waals surface area contributed by atoms with Gasteiger partial charge >= 0.3 is 0 Å². The maximum absolute atomic E-state index is 12.4. The second kappa shape index (κ2) is 11.0. The topological polar surface area (TPSA) is 110 Å². The predicted octanol–water partition coefficient (Wildman–Crippen LogP) is 5.25. The molecule has 8 heteroatoms. The number of thioether (sulfide) groups is 2. The quantitative estimate of drug-likeness (QED) is 0.338. The number of nitrogens with one attached hydrogen (secondary N) is 2. The molecule has 6 N–H and O–H groups in total. The number of benzene rings is 2. The Bertz CT molecular complexity index is 1420. The summed E-state index contributed by atoms with van der Waals surface area (Å²) in [6, 6.07) is 15.9. The third kappa shape index (κ3) is 4.71. The third-order valence-electron chi connectivity index (χ3n) is 8.71. The minimum Gasteiger partial charge on any atom is -0.351 e. The molecule has 0 bridgehead atoms. The Hall–Kier alpha value is -3.04. The van der Waals surface area contributed by atoms with Crippen LogP contribution in [0.25, 0.3) is 9.81 Å². The van der Waals surface area contributed by atoms with E-state index in [0.29, 0.717) is 37.3 Å². The highest BCUT2D eigenvalue weighted by molar-refractivity contribution is 8.14. The van der Waals surface area contributed by atoms with Crippen molar-refractivity contribution in [2.24, 2.45) is 11.5 Å². The monoisotopic (exact) mass is 584 g/mol. The highest BCUT2D eigenvalue weighted by Crippen LogP contribution is 2.70. The van der Waals surface area contributed by atoms with Gasteiger partial charge in [0.1, 0.15) is 0 Å². The number of nitrogens with two attached hydrogens (primary N) is 2. The molecule has 6 rings (SSSR count). The van der Waals surface area contributed by atoms with Gasteiger partial charge in [-0.3, -0.25) is 9.59 Å². The molecule has 0 saturated heterocycles. The van der Waals surface area contributed by atoms with Gasteiger partial charge in [-0.15, -0.1) is 23.5 Å². The molecule has 2 heterocycles. The average molecular weight is 585 g/mol. The zero-order valence-electron chi connectivity index (χ0n) is 23.5. The van der Waals surface area contributed by atoms with E-state index in [-0.39, 0.29) is 21.3 Å². The number of carbonyl (C=O) groups excluding carboxylic acids is 2. The molecule has 41 heavy (non-hydrogen) atoms. The molecule has 1 saturated carbocycles. The second-order valence-corrected chi connectivity index (χ2v) is 14.1. The average Bonchev–Trinajstić information content (AvgIpc) is 3.71. The number of rotatable bonds is 8. The lowest BCUT2D eigenvalue weighted by Crippen LogP contribution is -2.47. The Morgan fingerprint density at radius 3 is 1.46 bits per heavy atom. The Morgan fingerprint density at radius 2 is 1.10 bits per heavy atom. The summed E-state index contributed by atoms with van der Waals surface area (Å²) < 4.78 is -0.272. The van der Waals surface area contributed by atoms with Crippen molar-refractivity contribution in [3.05, 3.63) is 105 Å². The summed E-state index contributed by atoms with van der Waals surface area (Å²) in [6.07, 6.45) is 8.23. The lowest BCUT2D eigenvalue weighted by atomic mass is 9.72. The zero-order chi connectivity index (χ0) is 28.8. The first-order valence-corrected chi connectivity index (χ1v) is 15.9. The standard InChI is InChI=1S/C33H36N4O2S2/c1-32-26(18-28(40-32)20-6-10-22(11-7-20)30(38)36-16-14-34)24-4-3-5-25(24)27-19-29(41-33(27,32)2)21-8-12-23(13-9-21)31(39)37-17-15-35/h6-13,18-19H,3-5,14-17,34-35H2,1-2H3,(H,36,38)(H,37,39)/t32-,33-/m1/s1. The lowest BCUT2D eigenvalue weighted by molar-refractivity contribution is 0.0946. The number of amides is 2. The van der Waals surface area contributed by atoms with Gasteiger partial charge in [-0.25, -0.2) is 0 Å². The summed E-state index contributed by atoms with van der Waals surface area (Å²) in [7, 11) is 0. The van der Waals surface area contributed by atoms with E-state index in [1.807, 2.05) is 47.8 Å². The number of fused-ring (bicyclic) bond motifs is 4. The van der Waals surface area contributed by atoms with Crippen molar-refractivity contribution in [2.75, 3.05) is 26.2 Å². The lowest BCUT2D eigenvalue weighted by Gasteiger charge is -2.47. The molecule has 2 amide bonds. The summed E-state index contributed by atoms with van der Waals surface area (Å²) in [5.74, 6) is -0.189. The molecular formula is C33H36N4O2S2. The fraction of sp³-hybridized carbons (Fsp3) is 0.333. The van der Waals surface area contributed by atoms with E-state index in [9.17, 15) is 9.59 Å². The van der Waals surface area contributed by atoms with E-state index in [0.717, 1.165) is 24.0 Å². The van der Waals surface area contributed by atoms with Crippen LogP contribution in [-0.4, -0.2) is 47.5 Å². The molecule has 2 aliphatic carbocycles. The number of carbonyl (C=O) groups is 2. The fourth-order valence-electron chi connectivity index (χ4n) is 6.38. The summed E-state index contributed by atoms with van der Waals surface area (Å²) in [6.45, 7) is 6.59. The van der Waals surface area contributed by atoms with Gasteiger partial charge in [0.05, 0.1) is 9.49 Å². The van der Waals surface area contributed by atoms with Crippen molar-refractivity contribution in [1.82, 2.24) is 10.6 Å². The van der Waals surface area contributed by atoms with Crippen LogP contribution in [0.1, 0.15) is 65.0 Å². The first-order valence-electron chi connectivity index (χ1n) is 14.3. The Balaban J connectivity index is 1.30. The first-order chi connectivity index (χ1) is 19.8. The Labute approximate surface area is 250 Å². The zero-order valence-corrected chi connectivity index (χ0v) is 25.1. The minimum absolute atomic E-state index is 0.0947. The van der Waals surface area contributed by atoms with Gasteiger partial charge in [0.25, 0.3) is 11.8 Å². The highest BCUT2D eigenvalue weighted by Gasteiger charge is 2.59. The van der Waals surface area contributed by atoms with Gasteiger partial charge in [-0.1, -0.05) is 24.3 Å². The summed E-state index contributed by atoms with van der Waals surface area (Å²) in [5.41, 5.74) is 20.6. The highest BCUT2D eigenvalue weighted by atomic mass is 32.2. The molecule has 2 atom stereocenters. The van der Waals surface area contributed by atoms with Crippen LogP contribution in [0.5, 0.6) is 0 Å². The largest absolute Gasteiger partial charge is 0.351 e. The van der Waals surface area contributed by atoms with Crippen molar-refractivity contribution < 1.29 is 9.59 Å². The number of hydrogen-bond donors (Lipinski definition) is 4. The van der Waals surface area contributed by atoms with E-state index < -0.39 is 0 Å². The molecule has 2 aliphatic heterocycles. The molecule has 2 aromatic carbocycles. The molecule has 4 aliphatic rings.